The number of methoxy groups -OCH3 is 1. The van der Waals surface area contributed by atoms with Crippen LogP contribution in [0.15, 0.2) is 28.8 Å². The molecule has 0 saturated carbocycles. The number of amides is 1. The maximum absolute atomic E-state index is 12.5. The molecule has 1 N–H and O–H groups in total. The van der Waals surface area contributed by atoms with Crippen LogP contribution in [0.5, 0.6) is 5.75 Å². The Balaban J connectivity index is 1.64. The van der Waals surface area contributed by atoms with Gasteiger partial charge in [0.05, 0.1) is 6.42 Å². The Labute approximate surface area is 159 Å². The lowest BCUT2D eigenvalue weighted by Gasteiger charge is -2.38. The molecule has 0 atom stereocenters. The minimum atomic E-state index is -4.43. The Morgan fingerprint density at radius 1 is 1.36 bits per heavy atom. The minimum absolute atomic E-state index is 0.00525. The molecule has 1 aliphatic heterocycles. The first kappa shape index (κ1) is 20.1. The van der Waals surface area contributed by atoms with Crippen molar-refractivity contribution in [3.05, 3.63) is 41.5 Å². The van der Waals surface area contributed by atoms with Crippen LogP contribution >= 0.6 is 0 Å². The second kappa shape index (κ2) is 7.78. The molecule has 1 aliphatic rings. The number of phenols is 1. The fraction of sp³-hybridized carbons (Fsp3) is 0.500. The third kappa shape index (κ3) is 4.61. The Morgan fingerprint density at radius 2 is 2.07 bits per heavy atom. The van der Waals surface area contributed by atoms with Gasteiger partial charge in [0.1, 0.15) is 17.8 Å². The van der Waals surface area contributed by atoms with E-state index < -0.39 is 24.0 Å². The molecule has 1 saturated heterocycles. The summed E-state index contributed by atoms with van der Waals surface area (Å²) in [4.78, 5) is 18.0. The largest absolute Gasteiger partial charge is 0.508 e. The number of aromatic hydroxyl groups is 1. The molecule has 28 heavy (non-hydrogen) atoms. The Bertz CT molecular complexity index is 829. The molecular weight excluding hydrogens is 379 g/mol. The maximum Gasteiger partial charge on any atom is 0.396 e. The molecule has 0 radical (unpaired) electrons. The Hall–Kier alpha value is -2.62. The number of halogens is 3. The number of ether oxygens (including phenoxy) is 1. The van der Waals surface area contributed by atoms with Crippen molar-refractivity contribution in [1.29, 1.82) is 0 Å². The lowest BCUT2D eigenvalue weighted by molar-refractivity contribution is -0.138. The average molecular weight is 399 g/mol. The van der Waals surface area contributed by atoms with E-state index in [-0.39, 0.29) is 24.0 Å². The van der Waals surface area contributed by atoms with Gasteiger partial charge in [0.25, 0.3) is 5.89 Å². The van der Waals surface area contributed by atoms with Crippen LogP contribution in [-0.2, 0) is 28.0 Å². The fourth-order valence-electron chi connectivity index (χ4n) is 3.27. The zero-order chi connectivity index (χ0) is 20.4. The van der Waals surface area contributed by atoms with Gasteiger partial charge in [0, 0.05) is 33.0 Å². The number of phenolic OH excluding ortho intramolecular Hbond substituents is 1. The number of rotatable bonds is 5. The van der Waals surface area contributed by atoms with Gasteiger partial charge in [-0.25, -0.2) is 0 Å². The number of hydrogen-bond donors (Lipinski definition) is 1. The first-order valence-electron chi connectivity index (χ1n) is 8.71. The standard InChI is InChI=1S/C18H20F3N3O4/c1-27-17(16-22-14(23-28-16)11-18(19,20)21)5-7-24(8-6-17)15(26)10-12-3-2-4-13(25)9-12/h2-4,9,25H,5-8,10-11H2,1H3. The van der Waals surface area contributed by atoms with Gasteiger partial charge in [-0.2, -0.15) is 18.2 Å². The van der Waals surface area contributed by atoms with Gasteiger partial charge < -0.3 is 19.3 Å². The highest BCUT2D eigenvalue weighted by Crippen LogP contribution is 2.36. The molecule has 10 heteroatoms. The van der Waals surface area contributed by atoms with E-state index in [4.69, 9.17) is 9.26 Å². The van der Waals surface area contributed by atoms with Crippen LogP contribution < -0.4 is 0 Å². The van der Waals surface area contributed by atoms with Crippen molar-refractivity contribution >= 4 is 5.91 Å². The zero-order valence-electron chi connectivity index (χ0n) is 15.2. The van der Waals surface area contributed by atoms with Crippen molar-refractivity contribution < 1.29 is 32.3 Å². The molecule has 3 rings (SSSR count). The summed E-state index contributed by atoms with van der Waals surface area (Å²) in [5, 5.41) is 12.9. The summed E-state index contributed by atoms with van der Waals surface area (Å²) in [6.45, 7) is 0.672. The first-order valence-corrected chi connectivity index (χ1v) is 8.71. The summed E-state index contributed by atoms with van der Waals surface area (Å²) in [7, 11) is 1.43. The molecule has 1 fully saturated rings. The number of benzene rings is 1. The third-order valence-electron chi connectivity index (χ3n) is 4.80. The molecular formula is C18H20F3N3O4. The molecule has 7 nitrogen and oxygen atoms in total. The van der Waals surface area contributed by atoms with Gasteiger partial charge in [-0.15, -0.1) is 0 Å². The molecule has 1 aromatic carbocycles. The smallest absolute Gasteiger partial charge is 0.396 e. The van der Waals surface area contributed by atoms with Gasteiger partial charge >= 0.3 is 6.18 Å². The van der Waals surface area contributed by atoms with Gasteiger partial charge in [-0.05, 0) is 17.7 Å². The highest BCUT2D eigenvalue weighted by molar-refractivity contribution is 5.79. The van der Waals surface area contributed by atoms with Gasteiger partial charge in [0.15, 0.2) is 5.82 Å². The molecule has 0 bridgehead atoms. The predicted octanol–water partition coefficient (Wildman–Crippen LogP) is 2.59. The monoisotopic (exact) mass is 399 g/mol. The highest BCUT2D eigenvalue weighted by Gasteiger charge is 2.43. The summed E-state index contributed by atoms with van der Waals surface area (Å²) < 4.78 is 48.1. The van der Waals surface area contributed by atoms with Crippen molar-refractivity contribution in [1.82, 2.24) is 15.0 Å². The number of aromatic nitrogens is 2. The minimum Gasteiger partial charge on any atom is -0.508 e. The maximum atomic E-state index is 12.5. The normalized spacial score (nSPS) is 16.9. The molecule has 0 aliphatic carbocycles. The van der Waals surface area contributed by atoms with Crippen molar-refractivity contribution in [2.24, 2.45) is 0 Å². The highest BCUT2D eigenvalue weighted by atomic mass is 19.4. The summed E-state index contributed by atoms with van der Waals surface area (Å²) in [6, 6.07) is 6.47. The second-order valence-electron chi connectivity index (χ2n) is 6.73. The quantitative estimate of drug-likeness (QED) is 0.832. The van der Waals surface area contributed by atoms with E-state index in [1.807, 2.05) is 0 Å². The van der Waals surface area contributed by atoms with E-state index in [0.29, 0.717) is 31.5 Å². The molecule has 0 spiro atoms. The van der Waals surface area contributed by atoms with Gasteiger partial charge in [-0.1, -0.05) is 17.3 Å². The summed E-state index contributed by atoms with van der Waals surface area (Å²) >= 11 is 0. The van der Waals surface area contributed by atoms with E-state index >= 15 is 0 Å². The third-order valence-corrected chi connectivity index (χ3v) is 4.80. The fourth-order valence-corrected chi connectivity index (χ4v) is 3.27. The number of carbonyl (C=O) groups excluding carboxylic acids is 1. The summed E-state index contributed by atoms with van der Waals surface area (Å²) in [6.07, 6.45) is -4.91. The zero-order valence-corrected chi connectivity index (χ0v) is 15.2. The Morgan fingerprint density at radius 3 is 2.68 bits per heavy atom. The van der Waals surface area contributed by atoms with Gasteiger partial charge in [0.2, 0.25) is 5.91 Å². The van der Waals surface area contributed by atoms with Crippen LogP contribution in [0.2, 0.25) is 0 Å². The molecule has 0 unspecified atom stereocenters. The number of alkyl halides is 3. The summed E-state index contributed by atoms with van der Waals surface area (Å²) in [5.74, 6) is -0.470. The number of piperidine rings is 1. The topological polar surface area (TPSA) is 88.7 Å². The number of hydrogen-bond acceptors (Lipinski definition) is 6. The van der Waals surface area contributed by atoms with Crippen LogP contribution in [0.25, 0.3) is 0 Å². The van der Waals surface area contributed by atoms with E-state index in [1.54, 1.807) is 17.0 Å². The molecule has 1 aromatic heterocycles. The lowest BCUT2D eigenvalue weighted by Crippen LogP contribution is -2.46. The first-order chi connectivity index (χ1) is 13.2. The molecule has 2 heterocycles. The van der Waals surface area contributed by atoms with E-state index in [1.165, 1.54) is 19.2 Å². The van der Waals surface area contributed by atoms with Gasteiger partial charge in [-0.3, -0.25) is 4.79 Å². The number of carbonyl (C=O) groups is 1. The van der Waals surface area contributed by atoms with Crippen molar-refractivity contribution in [3.63, 3.8) is 0 Å². The second-order valence-corrected chi connectivity index (χ2v) is 6.73. The van der Waals surface area contributed by atoms with Crippen LogP contribution in [0.1, 0.15) is 30.1 Å². The number of likely N-dealkylation sites (tertiary alicyclic amines) is 1. The van der Waals surface area contributed by atoms with Crippen LogP contribution in [0.4, 0.5) is 13.2 Å². The molecule has 152 valence electrons. The predicted molar refractivity (Wildman–Crippen MR) is 90.4 cm³/mol. The van der Waals surface area contributed by atoms with Crippen molar-refractivity contribution in [2.75, 3.05) is 20.2 Å². The Kier molecular flexibility index (Phi) is 5.59. The van der Waals surface area contributed by atoms with Crippen molar-refractivity contribution in [2.45, 2.75) is 37.5 Å². The molecule has 1 amide bonds. The average Bonchev–Trinajstić information content (AvgIpc) is 3.09. The van der Waals surface area contributed by atoms with Crippen molar-refractivity contribution in [3.8, 4) is 5.75 Å². The van der Waals surface area contributed by atoms with E-state index in [2.05, 4.69) is 10.1 Å². The van der Waals surface area contributed by atoms with Crippen LogP contribution in [0, 0.1) is 0 Å². The van der Waals surface area contributed by atoms with Crippen LogP contribution in [-0.4, -0.2) is 52.4 Å². The lowest BCUT2D eigenvalue weighted by atomic mass is 9.90. The van der Waals surface area contributed by atoms with E-state index in [9.17, 15) is 23.1 Å². The SMILES string of the molecule is COC1(c2nc(CC(F)(F)F)no2)CCN(C(=O)Cc2cccc(O)c2)CC1. The van der Waals surface area contributed by atoms with Crippen LogP contribution in [0.3, 0.4) is 0 Å². The molecule has 2 aromatic rings. The number of nitrogens with zero attached hydrogens (tertiary/aromatic N) is 3. The van der Waals surface area contributed by atoms with E-state index in [0.717, 1.165) is 0 Å². The summed E-state index contributed by atoms with van der Waals surface area (Å²) in [5.41, 5.74) is -0.319.